The summed E-state index contributed by atoms with van der Waals surface area (Å²) in [6, 6.07) is 29.7. The molecule has 66 heavy (non-hydrogen) atoms. The van der Waals surface area contributed by atoms with E-state index in [9.17, 15) is 36.0 Å². The van der Waals surface area contributed by atoms with Crippen molar-refractivity contribution in [3.63, 3.8) is 0 Å². The van der Waals surface area contributed by atoms with E-state index in [1.807, 2.05) is 49.5 Å². The average Bonchev–Trinajstić information content (AvgIpc) is 4.09. The number of nitrogens with zero attached hydrogens (tertiary/aromatic N) is 5. The Kier molecular flexibility index (Phi) is 15.8. The maximum Gasteiger partial charge on any atom is 0.335 e. The van der Waals surface area contributed by atoms with Crippen molar-refractivity contribution in [2.75, 3.05) is 19.4 Å². The number of rotatable bonds is 6. The minimum Gasteiger partial charge on any atom is -0.478 e. The van der Waals surface area contributed by atoms with Gasteiger partial charge in [0.1, 0.15) is 26.3 Å². The van der Waals surface area contributed by atoms with Crippen molar-refractivity contribution in [3.8, 4) is 0 Å². The van der Waals surface area contributed by atoms with Gasteiger partial charge in [-0.05, 0) is 97.5 Å². The number of para-hydroxylation sites is 2. The van der Waals surface area contributed by atoms with Crippen LogP contribution in [0.5, 0.6) is 0 Å². The zero-order valence-electron chi connectivity index (χ0n) is 34.7. The van der Waals surface area contributed by atoms with Gasteiger partial charge in [-0.15, -0.1) is 22.7 Å². The molecule has 0 saturated heterocycles. The SMILES string of the molecule is C.CN(Cc1nc2ccccc2s1)C(=O)c1ccc2c(c1)CC(=O)c1cccn1S2(=O)=O.CNCc1nc2ccccc2s1.O=C(O)c1ccc2c(c1)NC(=O)c1cccn1S2(=O)=O.[CH3-].[W]. The second kappa shape index (κ2) is 20.6. The molecule has 0 atom stereocenters. The fraction of sp³-hybridized carbons (Fsp3) is 0.133. The molecule has 3 N–H and O–H groups in total. The summed E-state index contributed by atoms with van der Waals surface area (Å²) in [6.45, 7) is 1.19. The van der Waals surface area contributed by atoms with Crippen LogP contribution in [-0.2, 0) is 60.6 Å². The van der Waals surface area contributed by atoms with Crippen molar-refractivity contribution in [2.24, 2.45) is 0 Å². The topological polar surface area (TPSA) is 220 Å². The molecule has 0 aliphatic carbocycles. The van der Waals surface area contributed by atoms with E-state index in [1.54, 1.807) is 18.4 Å². The molecule has 2 aliphatic heterocycles. The Hall–Kier alpha value is -6.15. The quantitative estimate of drug-likeness (QED) is 0.138. The normalized spacial score (nSPS) is 13.6. The fourth-order valence-corrected chi connectivity index (χ4v) is 12.0. The summed E-state index contributed by atoms with van der Waals surface area (Å²) in [5.74, 6) is -2.39. The van der Waals surface area contributed by atoms with Crippen LogP contribution in [0.1, 0.15) is 64.7 Å². The van der Waals surface area contributed by atoms with Crippen LogP contribution in [0.2, 0.25) is 0 Å². The number of ketones is 1. The summed E-state index contributed by atoms with van der Waals surface area (Å²) in [7, 11) is -4.21. The van der Waals surface area contributed by atoms with Crippen molar-refractivity contribution >= 4 is 92.4 Å². The van der Waals surface area contributed by atoms with E-state index in [0.29, 0.717) is 17.7 Å². The van der Waals surface area contributed by atoms with Crippen LogP contribution in [0.4, 0.5) is 5.69 Å². The third kappa shape index (κ3) is 9.98. The Balaban J connectivity index is 0.000000201. The van der Waals surface area contributed by atoms with Gasteiger partial charge in [-0.3, -0.25) is 14.4 Å². The first-order chi connectivity index (χ1) is 30.1. The van der Waals surface area contributed by atoms with Crippen molar-refractivity contribution in [1.29, 1.82) is 0 Å². The first kappa shape index (κ1) is 50.8. The molecule has 2 aliphatic rings. The van der Waals surface area contributed by atoms with Crippen molar-refractivity contribution in [1.82, 2.24) is 28.1 Å². The van der Waals surface area contributed by atoms with Gasteiger partial charge in [-0.1, -0.05) is 31.7 Å². The summed E-state index contributed by atoms with van der Waals surface area (Å²) in [6.07, 6.45) is 2.55. The van der Waals surface area contributed by atoms with Gasteiger partial charge in [-0.25, -0.2) is 39.5 Å². The molecule has 0 spiro atoms. The fourth-order valence-electron chi connectivity index (χ4n) is 6.92. The Labute approximate surface area is 403 Å². The first-order valence-corrected chi connectivity index (χ1v) is 23.5. The molecule has 342 valence electrons. The number of carbonyl (C=O) groups is 4. The Morgan fingerprint density at radius 3 is 1.92 bits per heavy atom. The number of anilines is 1. The predicted octanol–water partition coefficient (Wildman–Crippen LogP) is 7.43. The smallest absolute Gasteiger partial charge is 0.335 e. The predicted molar refractivity (Wildman–Crippen MR) is 251 cm³/mol. The van der Waals surface area contributed by atoms with Crippen LogP contribution < -0.4 is 10.6 Å². The molecule has 2 amide bonds. The van der Waals surface area contributed by atoms with Crippen LogP contribution >= 0.6 is 22.7 Å². The van der Waals surface area contributed by atoms with Crippen LogP contribution in [0.15, 0.2) is 131 Å². The minimum atomic E-state index is -3.93. The van der Waals surface area contributed by atoms with Crippen molar-refractivity contribution in [2.45, 2.75) is 36.7 Å². The second-order valence-electron chi connectivity index (χ2n) is 14.1. The number of carbonyl (C=O) groups excluding carboxylic acids is 3. The molecule has 0 fully saturated rings. The summed E-state index contributed by atoms with van der Waals surface area (Å²) < 4.78 is 55.0. The molecule has 0 bridgehead atoms. The number of hydrogen-bond donors (Lipinski definition) is 3. The van der Waals surface area contributed by atoms with Gasteiger partial charge in [-0.2, -0.15) is 0 Å². The van der Waals surface area contributed by atoms with E-state index in [2.05, 4.69) is 26.7 Å². The number of Topliss-reactive ketones (excluding diaryl/α,β-unsaturated/α-hetero) is 1. The van der Waals surface area contributed by atoms with Gasteiger partial charge in [0.15, 0.2) is 5.78 Å². The summed E-state index contributed by atoms with van der Waals surface area (Å²) in [5.41, 5.74) is 2.60. The van der Waals surface area contributed by atoms with Crippen LogP contribution in [0.25, 0.3) is 20.4 Å². The van der Waals surface area contributed by atoms with Crippen molar-refractivity contribution < 1.29 is 62.2 Å². The molecule has 21 heteroatoms. The number of hydrogen-bond acceptors (Lipinski definition) is 13. The summed E-state index contributed by atoms with van der Waals surface area (Å²) in [4.78, 5) is 58.9. The van der Waals surface area contributed by atoms with Gasteiger partial charge < -0.3 is 28.1 Å². The van der Waals surface area contributed by atoms with E-state index in [1.165, 1.54) is 87.9 Å². The maximum absolute atomic E-state index is 13.0. The molecule has 0 unspecified atom stereocenters. The van der Waals surface area contributed by atoms with Crippen LogP contribution in [0, 0.1) is 7.43 Å². The molecular formula is C45H42N7O9S4W-. The standard InChI is InChI=1S/C22H17N3O4S2.C12H8N2O5S.C9H10N2S.CH4.CH3.W/c1-24(13-21-23-16-5-2-3-7-19(16)30-21)22(27)14-8-9-20-15(11-14)12-18(26)17-6-4-10-25(17)31(20,28)29;15-11-9-2-1-5-14(9)20(18,19)10-4-3-7(12(16)17)6-8(10)13-11;1-10-6-9-11-7-4-2-3-5-8(7)12-9;;;/h2-11H,12-13H2,1H3;1-6H,(H,13,15)(H,16,17);2-5,10H,6H2,1H3;1H4;1H3;/q;;;;-1;. The van der Waals surface area contributed by atoms with Crippen molar-refractivity contribution in [3.05, 3.63) is 167 Å². The number of nitrogens with one attached hydrogen (secondary N) is 2. The number of carboxylic acid groups (broad SMARTS) is 1. The Morgan fingerprint density at radius 1 is 0.758 bits per heavy atom. The zero-order valence-corrected chi connectivity index (χ0v) is 40.9. The molecule has 6 heterocycles. The largest absolute Gasteiger partial charge is 0.478 e. The summed E-state index contributed by atoms with van der Waals surface area (Å²) >= 11 is 3.27. The average molecular weight is 1140 g/mol. The molecule has 4 aromatic heterocycles. The van der Waals surface area contributed by atoms with E-state index < -0.39 is 31.9 Å². The number of aromatic nitrogens is 4. The number of aromatic carboxylic acids is 1. The third-order valence-corrected chi connectivity index (χ3v) is 15.5. The zero-order chi connectivity index (χ0) is 44.6. The Morgan fingerprint density at radius 2 is 1.30 bits per heavy atom. The number of fused-ring (bicyclic) bond motifs is 6. The van der Waals surface area contributed by atoms with E-state index >= 15 is 0 Å². The molecule has 8 aromatic rings. The van der Waals surface area contributed by atoms with Gasteiger partial charge in [0, 0.05) is 59.0 Å². The van der Waals surface area contributed by atoms with E-state index in [-0.39, 0.29) is 86.5 Å². The van der Waals surface area contributed by atoms with E-state index in [0.717, 1.165) is 46.3 Å². The van der Waals surface area contributed by atoms with Gasteiger partial charge in [0.05, 0.1) is 43.1 Å². The minimum absolute atomic E-state index is 0. The molecular weight excluding hydrogens is 1090 g/mol. The van der Waals surface area contributed by atoms with Gasteiger partial charge in [0.2, 0.25) is 0 Å². The van der Waals surface area contributed by atoms with E-state index in [4.69, 9.17) is 5.11 Å². The molecule has 0 radical (unpaired) electrons. The molecule has 0 saturated carbocycles. The summed E-state index contributed by atoms with van der Waals surface area (Å²) in [5, 5.41) is 16.4. The maximum atomic E-state index is 13.0. The number of amides is 2. The number of benzene rings is 4. The first-order valence-electron chi connectivity index (χ1n) is 19.0. The monoisotopic (exact) mass is 1140 g/mol. The second-order valence-corrected chi connectivity index (χ2v) is 19.9. The molecule has 4 aromatic carbocycles. The van der Waals surface area contributed by atoms with Gasteiger partial charge >= 0.3 is 5.97 Å². The van der Waals surface area contributed by atoms with Crippen LogP contribution in [0.3, 0.4) is 0 Å². The van der Waals surface area contributed by atoms with Crippen LogP contribution in [-0.4, -0.2) is 82.4 Å². The molecule has 10 rings (SSSR count). The molecule has 16 nitrogen and oxygen atoms in total. The Bertz CT molecular complexity index is 3290. The van der Waals surface area contributed by atoms with Gasteiger partial charge in [0.25, 0.3) is 31.9 Å². The number of carboxylic acids is 1. The number of thiazole rings is 2. The third-order valence-electron chi connectivity index (χ3n) is 9.87.